The summed E-state index contributed by atoms with van der Waals surface area (Å²) in [4.78, 5) is 47.2. The van der Waals surface area contributed by atoms with Crippen molar-refractivity contribution in [3.63, 3.8) is 0 Å². The van der Waals surface area contributed by atoms with Crippen molar-refractivity contribution < 1.29 is 22.8 Å². The number of fused-ring (bicyclic) bond motifs is 3. The summed E-state index contributed by atoms with van der Waals surface area (Å²) in [5.74, 6) is -0.220. The third-order valence-electron chi connectivity index (χ3n) is 14.8. The molecule has 1 N–H and O–H groups in total. The van der Waals surface area contributed by atoms with Crippen molar-refractivity contribution in [2.75, 3.05) is 13.2 Å². The van der Waals surface area contributed by atoms with Crippen LogP contribution in [0, 0.1) is 23.5 Å². The standard InChI is InChI=1S/C48H48F2N10O5/c1-26-39-35(53-60(30-8-9-34(49)31(21-30)27-5-6-27)42(39)59-19-18-58(46(59)63)38-12-11-36-32(41(38)50)23-51-55(36)4)13-17-57(26)43(61)33-25-56-24-29(28-14-20-64-47(2,3)22-28)7-10-37(56)40(33)48(15-16-48)44-52-45(62)65-54-44/h7-12,18-19,21,23,25-29H,5-6,13-17,20,22,24H2,1-4H3,(H,52,54,62)/t26-,28+,29?/m0/s1. The highest BCUT2D eigenvalue weighted by Gasteiger charge is 2.54. The van der Waals surface area contributed by atoms with Gasteiger partial charge in [-0.3, -0.25) is 28.1 Å². The van der Waals surface area contributed by atoms with E-state index in [0.717, 1.165) is 36.9 Å². The molecule has 3 fully saturated rings. The smallest absolute Gasteiger partial charge is 0.376 e. The molecule has 5 aromatic heterocycles. The molecule has 3 aliphatic heterocycles. The predicted molar refractivity (Wildman–Crippen MR) is 235 cm³/mol. The number of carbonyl (C=O) groups excluding carboxylic acids is 1. The van der Waals surface area contributed by atoms with E-state index in [4.69, 9.17) is 14.4 Å². The van der Waals surface area contributed by atoms with Crippen molar-refractivity contribution in [3.05, 3.63) is 133 Å². The van der Waals surface area contributed by atoms with Crippen LogP contribution in [0.1, 0.15) is 116 Å². The van der Waals surface area contributed by atoms with E-state index in [1.165, 1.54) is 27.6 Å². The minimum atomic E-state index is -0.720. The molecular weight excluding hydrogens is 835 g/mol. The molecule has 15 nitrogen and oxygen atoms in total. The van der Waals surface area contributed by atoms with Crippen LogP contribution < -0.4 is 11.4 Å². The largest absolute Gasteiger partial charge is 0.438 e. The topological polar surface area (TPSA) is 156 Å². The average molecular weight is 883 g/mol. The van der Waals surface area contributed by atoms with Gasteiger partial charge in [0.25, 0.3) is 5.91 Å². The van der Waals surface area contributed by atoms with E-state index in [1.54, 1.807) is 46.9 Å². The SMILES string of the molecule is C[C@H]1c2c(nn(-c3ccc(F)c(C4CC4)c3)c2-n2ccn(-c3ccc4c(cnn4C)c3F)c2=O)CCN1C(=O)c1cn2c(c1C1(c3noc(=O)[nH]3)CC1)C=CC([C@@H]1CCOC(C)(C)C1)C2. The Labute approximate surface area is 370 Å². The number of imidazole rings is 1. The van der Waals surface area contributed by atoms with Gasteiger partial charge in [0.2, 0.25) is 0 Å². The van der Waals surface area contributed by atoms with Gasteiger partial charge in [0.15, 0.2) is 11.6 Å². The van der Waals surface area contributed by atoms with Gasteiger partial charge in [-0.25, -0.2) is 23.1 Å². The molecule has 2 aromatic carbocycles. The van der Waals surface area contributed by atoms with Crippen molar-refractivity contribution in [1.29, 1.82) is 0 Å². The average Bonchev–Trinajstić information content (AvgIpc) is 4.03. The predicted octanol–water partition coefficient (Wildman–Crippen LogP) is 7.02. The van der Waals surface area contributed by atoms with Gasteiger partial charge in [0.05, 0.1) is 56.8 Å². The fourth-order valence-corrected chi connectivity index (χ4v) is 11.1. The highest BCUT2D eigenvalue weighted by Crippen LogP contribution is 2.56. The molecule has 2 saturated carbocycles. The summed E-state index contributed by atoms with van der Waals surface area (Å²) in [6, 6.07) is 7.56. The van der Waals surface area contributed by atoms with E-state index in [-0.39, 0.29) is 40.2 Å². The molecule has 334 valence electrons. The van der Waals surface area contributed by atoms with Crippen LogP contribution in [-0.2, 0) is 30.2 Å². The Morgan fingerprint density at radius 1 is 1.03 bits per heavy atom. The summed E-state index contributed by atoms with van der Waals surface area (Å²) in [6.45, 7) is 7.92. The number of hydrogen-bond acceptors (Lipinski definition) is 8. The van der Waals surface area contributed by atoms with Gasteiger partial charge in [0, 0.05) is 68.6 Å². The summed E-state index contributed by atoms with van der Waals surface area (Å²) >= 11 is 0. The Morgan fingerprint density at radius 2 is 1.85 bits per heavy atom. The van der Waals surface area contributed by atoms with Crippen LogP contribution in [-0.4, -0.2) is 73.0 Å². The number of allylic oxidation sites excluding steroid dienone is 1. The molecule has 8 heterocycles. The lowest BCUT2D eigenvalue weighted by Gasteiger charge is -2.39. The number of benzene rings is 2. The first kappa shape index (κ1) is 39.9. The van der Waals surface area contributed by atoms with Crippen LogP contribution in [0.15, 0.2) is 75.3 Å². The highest BCUT2D eigenvalue weighted by molar-refractivity contribution is 5.98. The Bertz CT molecular complexity index is 3260. The zero-order valence-electron chi connectivity index (χ0n) is 36.6. The number of nitrogens with zero attached hydrogens (tertiary/aromatic N) is 9. The molecule has 65 heavy (non-hydrogen) atoms. The maximum atomic E-state index is 16.2. The maximum Gasteiger partial charge on any atom is 0.438 e. The zero-order chi connectivity index (χ0) is 44.7. The zero-order valence-corrected chi connectivity index (χ0v) is 36.6. The van der Waals surface area contributed by atoms with Gasteiger partial charge in [-0.15, -0.1) is 0 Å². The van der Waals surface area contributed by atoms with Crippen molar-refractivity contribution in [3.8, 4) is 17.2 Å². The number of hydrogen-bond donors (Lipinski definition) is 1. The maximum absolute atomic E-state index is 16.2. The number of H-pyrrole nitrogens is 1. The minimum absolute atomic E-state index is 0.0568. The molecule has 7 aromatic rings. The number of aryl methyl sites for hydroxylation is 1. The van der Waals surface area contributed by atoms with E-state index >= 15 is 13.6 Å². The molecule has 0 radical (unpaired) electrons. The van der Waals surface area contributed by atoms with E-state index in [2.05, 4.69) is 45.8 Å². The molecular formula is C48H48F2N10O5. The molecule has 3 atom stereocenters. The molecule has 1 saturated heterocycles. The van der Waals surface area contributed by atoms with Crippen LogP contribution >= 0.6 is 0 Å². The van der Waals surface area contributed by atoms with Crippen molar-refractivity contribution in [2.24, 2.45) is 18.9 Å². The van der Waals surface area contributed by atoms with Crippen molar-refractivity contribution in [1.82, 2.24) is 48.3 Å². The number of aromatic amines is 1. The van der Waals surface area contributed by atoms with Gasteiger partial charge in [0.1, 0.15) is 11.6 Å². The number of ether oxygens (including phenoxy) is 1. The summed E-state index contributed by atoms with van der Waals surface area (Å²) in [6.07, 6.45) is 16.3. The number of nitrogens with one attached hydrogen (secondary N) is 1. The molecule has 1 unspecified atom stereocenters. The van der Waals surface area contributed by atoms with Gasteiger partial charge < -0.3 is 14.2 Å². The summed E-state index contributed by atoms with van der Waals surface area (Å²) in [5, 5.41) is 13.7. The number of aromatic nitrogens is 9. The van der Waals surface area contributed by atoms with Gasteiger partial charge in [-0.1, -0.05) is 11.2 Å². The molecule has 12 rings (SSSR count). The third-order valence-corrected chi connectivity index (χ3v) is 14.8. The second kappa shape index (κ2) is 14.2. The molecule has 1 amide bonds. The van der Waals surface area contributed by atoms with Gasteiger partial charge >= 0.3 is 11.4 Å². The van der Waals surface area contributed by atoms with E-state index in [9.17, 15) is 9.59 Å². The molecule has 17 heteroatoms. The van der Waals surface area contributed by atoms with Gasteiger partial charge in [-0.2, -0.15) is 10.2 Å². The van der Waals surface area contributed by atoms with Crippen LogP contribution in [0.3, 0.4) is 0 Å². The number of halogens is 2. The Kier molecular flexibility index (Phi) is 8.72. The lowest BCUT2D eigenvalue weighted by molar-refractivity contribution is -0.0801. The summed E-state index contributed by atoms with van der Waals surface area (Å²) < 4.78 is 50.6. The fourth-order valence-electron chi connectivity index (χ4n) is 11.1. The van der Waals surface area contributed by atoms with Crippen LogP contribution in [0.5, 0.6) is 0 Å². The number of rotatable bonds is 8. The third kappa shape index (κ3) is 6.21. The summed E-state index contributed by atoms with van der Waals surface area (Å²) in [5.41, 5.74) is 3.88. The lowest BCUT2D eigenvalue weighted by Crippen LogP contribution is -2.40. The monoisotopic (exact) mass is 882 g/mol. The number of carbonyl (C=O) groups is 1. The second-order valence-electron chi connectivity index (χ2n) is 19.3. The van der Waals surface area contributed by atoms with Crippen molar-refractivity contribution >= 4 is 22.9 Å². The molecule has 5 aliphatic rings. The normalized spacial score (nSPS) is 22.1. The molecule has 2 aliphatic carbocycles. The van der Waals surface area contributed by atoms with E-state index in [0.29, 0.717) is 90.1 Å². The van der Waals surface area contributed by atoms with E-state index in [1.807, 2.05) is 18.0 Å². The number of amides is 1. The summed E-state index contributed by atoms with van der Waals surface area (Å²) in [7, 11) is 1.73. The Balaban J connectivity index is 0.974. The highest BCUT2D eigenvalue weighted by atomic mass is 19.1. The van der Waals surface area contributed by atoms with Crippen molar-refractivity contribution in [2.45, 2.75) is 95.2 Å². The molecule has 0 spiro atoms. The second-order valence-corrected chi connectivity index (χ2v) is 19.3. The first-order valence-electron chi connectivity index (χ1n) is 22.6. The Hall–Kier alpha value is -6.62. The minimum Gasteiger partial charge on any atom is -0.376 e. The quantitative estimate of drug-likeness (QED) is 0.171. The van der Waals surface area contributed by atoms with Gasteiger partial charge in [-0.05, 0) is 119 Å². The first-order valence-corrected chi connectivity index (χ1v) is 22.6. The Morgan fingerprint density at radius 3 is 2.60 bits per heavy atom. The fraction of sp³-hybridized carbons (Fsp3) is 0.417. The first-order chi connectivity index (χ1) is 31.3. The van der Waals surface area contributed by atoms with Crippen LogP contribution in [0.2, 0.25) is 0 Å². The van der Waals surface area contributed by atoms with Crippen LogP contribution in [0.25, 0.3) is 34.2 Å². The molecule has 0 bridgehead atoms. The van der Waals surface area contributed by atoms with Crippen LogP contribution in [0.4, 0.5) is 8.78 Å². The lowest BCUT2D eigenvalue weighted by atomic mass is 9.78. The van der Waals surface area contributed by atoms with E-state index < -0.39 is 28.7 Å².